The largest absolute Gasteiger partial charge is 0.444 e. The van der Waals surface area contributed by atoms with Gasteiger partial charge in [0.05, 0.1) is 17.9 Å². The van der Waals surface area contributed by atoms with Gasteiger partial charge in [-0.1, -0.05) is 11.3 Å². The SMILES string of the molecule is O=C(Nc1ncnc2c1ncn2[C@@H]1O[C@H](CO)[C@@H](O)[C@@H]1O)OCc1ccc([N+](=O)[O-])s1. The molecule has 3 aromatic heterocycles. The van der Waals surface area contributed by atoms with Crippen LogP contribution in [0.2, 0.25) is 0 Å². The summed E-state index contributed by atoms with van der Waals surface area (Å²) in [7, 11) is 0. The molecule has 0 saturated carbocycles. The van der Waals surface area contributed by atoms with Crippen LogP contribution in [0.5, 0.6) is 0 Å². The van der Waals surface area contributed by atoms with Crippen molar-refractivity contribution in [1.82, 2.24) is 19.5 Å². The molecule has 0 radical (unpaired) electrons. The molecule has 0 aliphatic carbocycles. The zero-order valence-corrected chi connectivity index (χ0v) is 16.4. The number of nitrogens with one attached hydrogen (secondary N) is 1. The van der Waals surface area contributed by atoms with Crippen LogP contribution in [0, 0.1) is 10.1 Å². The summed E-state index contributed by atoms with van der Waals surface area (Å²) < 4.78 is 11.9. The molecule has 0 spiro atoms. The molecule has 0 unspecified atom stereocenters. The number of aliphatic hydroxyl groups excluding tert-OH is 3. The highest BCUT2D eigenvalue weighted by atomic mass is 32.1. The molecule has 1 saturated heterocycles. The standard InChI is InChI=1S/C16H16N6O8S/c23-3-8-11(24)12(25)15(30-8)21-6-19-10-13(17-5-18-14(10)21)20-16(26)29-4-7-1-2-9(31-7)22(27)28/h1-2,5-6,8,11-12,15,23-25H,3-4H2,(H,17,18,20,26)/t8-,11-,12+,15-/m1/s1. The quantitative estimate of drug-likeness (QED) is 0.294. The summed E-state index contributed by atoms with van der Waals surface area (Å²) in [6.07, 6.45) is -3.07. The summed E-state index contributed by atoms with van der Waals surface area (Å²) in [5.41, 5.74) is 0.373. The monoisotopic (exact) mass is 452 g/mol. The van der Waals surface area contributed by atoms with Crippen LogP contribution in [0.25, 0.3) is 11.2 Å². The van der Waals surface area contributed by atoms with Crippen LogP contribution in [0.3, 0.4) is 0 Å². The van der Waals surface area contributed by atoms with Crippen molar-refractivity contribution in [1.29, 1.82) is 0 Å². The first-order valence-corrected chi connectivity index (χ1v) is 9.67. The minimum atomic E-state index is -1.33. The first kappa shape index (κ1) is 21.0. The summed E-state index contributed by atoms with van der Waals surface area (Å²) in [6, 6.07) is 2.81. The Morgan fingerprint density at radius 1 is 1.32 bits per heavy atom. The number of thiophene rings is 1. The molecule has 1 amide bonds. The lowest BCUT2D eigenvalue weighted by molar-refractivity contribution is -0.380. The molecule has 31 heavy (non-hydrogen) atoms. The van der Waals surface area contributed by atoms with Gasteiger partial charge in [0.15, 0.2) is 23.2 Å². The highest BCUT2D eigenvalue weighted by Gasteiger charge is 2.44. The summed E-state index contributed by atoms with van der Waals surface area (Å²) in [5.74, 6) is 0.0256. The Bertz CT molecular complexity index is 1120. The molecule has 4 rings (SSSR count). The minimum absolute atomic E-state index is 0.0256. The van der Waals surface area contributed by atoms with E-state index in [2.05, 4.69) is 20.3 Å². The third-order valence-electron chi connectivity index (χ3n) is 4.54. The molecular formula is C16H16N6O8S. The lowest BCUT2D eigenvalue weighted by Crippen LogP contribution is -2.33. The Labute approximate surface area is 176 Å². The fraction of sp³-hybridized carbons (Fsp3) is 0.375. The van der Waals surface area contributed by atoms with E-state index < -0.39 is 42.2 Å². The van der Waals surface area contributed by atoms with Gasteiger partial charge in [0, 0.05) is 10.9 Å². The molecule has 4 atom stereocenters. The molecule has 1 aliphatic heterocycles. The summed E-state index contributed by atoms with van der Waals surface area (Å²) >= 11 is 0.890. The Morgan fingerprint density at radius 2 is 2.13 bits per heavy atom. The molecule has 4 heterocycles. The van der Waals surface area contributed by atoms with E-state index in [1.54, 1.807) is 0 Å². The summed E-state index contributed by atoms with van der Waals surface area (Å²) in [5, 5.41) is 42.5. The maximum atomic E-state index is 12.1. The number of aromatic nitrogens is 4. The first-order valence-electron chi connectivity index (χ1n) is 8.86. The predicted molar refractivity (Wildman–Crippen MR) is 103 cm³/mol. The summed E-state index contributed by atoms with van der Waals surface area (Å²) in [4.78, 5) is 35.0. The first-order chi connectivity index (χ1) is 14.9. The van der Waals surface area contributed by atoms with E-state index >= 15 is 0 Å². The highest BCUT2D eigenvalue weighted by molar-refractivity contribution is 7.15. The number of nitrogens with zero attached hydrogens (tertiary/aromatic N) is 5. The van der Waals surface area contributed by atoms with Gasteiger partial charge < -0.3 is 24.8 Å². The lowest BCUT2D eigenvalue weighted by Gasteiger charge is -2.16. The fourth-order valence-electron chi connectivity index (χ4n) is 3.05. The normalized spacial score (nSPS) is 23.2. The third kappa shape index (κ3) is 4.04. The molecule has 4 N–H and O–H groups in total. The average molecular weight is 452 g/mol. The van der Waals surface area contributed by atoms with E-state index in [0.29, 0.717) is 4.88 Å². The molecule has 164 valence electrons. The Kier molecular flexibility index (Phi) is 5.75. The smallest absolute Gasteiger partial charge is 0.413 e. The van der Waals surface area contributed by atoms with Crippen molar-refractivity contribution >= 4 is 39.4 Å². The number of anilines is 1. The number of fused-ring (bicyclic) bond motifs is 1. The molecule has 15 heteroatoms. The minimum Gasteiger partial charge on any atom is -0.444 e. The van der Waals surface area contributed by atoms with Crippen molar-refractivity contribution in [2.45, 2.75) is 31.1 Å². The van der Waals surface area contributed by atoms with Gasteiger partial charge >= 0.3 is 11.1 Å². The van der Waals surface area contributed by atoms with E-state index in [1.165, 1.54) is 23.0 Å². The van der Waals surface area contributed by atoms with Crippen molar-refractivity contribution in [2.75, 3.05) is 11.9 Å². The number of imidazole rings is 1. The van der Waals surface area contributed by atoms with E-state index in [9.17, 15) is 30.2 Å². The number of carbonyl (C=O) groups is 1. The van der Waals surface area contributed by atoms with Crippen LogP contribution in [-0.4, -0.2) is 70.8 Å². The van der Waals surface area contributed by atoms with Gasteiger partial charge in [0.1, 0.15) is 31.2 Å². The van der Waals surface area contributed by atoms with Gasteiger partial charge in [-0.2, -0.15) is 0 Å². The van der Waals surface area contributed by atoms with Crippen molar-refractivity contribution in [3.05, 3.63) is 39.8 Å². The van der Waals surface area contributed by atoms with E-state index in [-0.39, 0.29) is 28.6 Å². The van der Waals surface area contributed by atoms with Gasteiger partial charge in [-0.05, 0) is 6.07 Å². The van der Waals surface area contributed by atoms with Crippen LogP contribution < -0.4 is 5.32 Å². The number of amides is 1. The Hall–Kier alpha value is -3.24. The highest BCUT2D eigenvalue weighted by Crippen LogP contribution is 2.32. The average Bonchev–Trinajstić information content (AvgIpc) is 3.46. The zero-order chi connectivity index (χ0) is 22.1. The second kappa shape index (κ2) is 8.48. The van der Waals surface area contributed by atoms with Crippen LogP contribution in [0.4, 0.5) is 15.6 Å². The van der Waals surface area contributed by atoms with E-state index in [4.69, 9.17) is 9.47 Å². The number of rotatable bonds is 6. The lowest BCUT2D eigenvalue weighted by atomic mass is 10.1. The van der Waals surface area contributed by atoms with Crippen molar-refractivity contribution in [3.8, 4) is 0 Å². The summed E-state index contributed by atoms with van der Waals surface area (Å²) in [6.45, 7) is -0.655. The second-order valence-electron chi connectivity index (χ2n) is 6.47. The second-order valence-corrected chi connectivity index (χ2v) is 7.62. The van der Waals surface area contributed by atoms with Crippen molar-refractivity contribution < 1.29 is 34.5 Å². The van der Waals surface area contributed by atoms with Gasteiger partial charge in [0.25, 0.3) is 0 Å². The predicted octanol–water partition coefficient (Wildman–Crippen LogP) is 0.156. The van der Waals surface area contributed by atoms with Crippen LogP contribution in [0.1, 0.15) is 11.1 Å². The zero-order valence-electron chi connectivity index (χ0n) is 15.6. The van der Waals surface area contributed by atoms with E-state index in [1.807, 2.05) is 0 Å². The van der Waals surface area contributed by atoms with Crippen LogP contribution in [-0.2, 0) is 16.1 Å². The molecule has 14 nitrogen and oxygen atoms in total. The Balaban J connectivity index is 1.47. The number of hydrogen-bond donors (Lipinski definition) is 4. The van der Waals surface area contributed by atoms with Gasteiger partial charge in [-0.25, -0.2) is 19.7 Å². The molecule has 1 fully saturated rings. The van der Waals surface area contributed by atoms with Gasteiger partial charge in [0.2, 0.25) is 0 Å². The molecule has 3 aromatic rings. The molecule has 1 aliphatic rings. The fourth-order valence-corrected chi connectivity index (χ4v) is 3.78. The van der Waals surface area contributed by atoms with E-state index in [0.717, 1.165) is 17.7 Å². The Morgan fingerprint density at radius 3 is 2.81 bits per heavy atom. The molecule has 0 bridgehead atoms. The number of nitro groups is 1. The molecular weight excluding hydrogens is 436 g/mol. The van der Waals surface area contributed by atoms with Crippen LogP contribution >= 0.6 is 11.3 Å². The number of aliphatic hydroxyl groups is 3. The molecule has 0 aromatic carbocycles. The number of ether oxygens (including phenoxy) is 2. The van der Waals surface area contributed by atoms with Crippen LogP contribution in [0.15, 0.2) is 24.8 Å². The van der Waals surface area contributed by atoms with Gasteiger partial charge in [-0.3, -0.25) is 20.0 Å². The van der Waals surface area contributed by atoms with Crippen molar-refractivity contribution in [2.24, 2.45) is 0 Å². The number of hydrogen-bond acceptors (Lipinski definition) is 12. The third-order valence-corrected chi connectivity index (χ3v) is 5.55. The number of carbonyl (C=O) groups excluding carboxylic acids is 1. The maximum Gasteiger partial charge on any atom is 0.413 e. The topological polar surface area (TPSA) is 195 Å². The maximum absolute atomic E-state index is 12.1. The van der Waals surface area contributed by atoms with Crippen molar-refractivity contribution in [3.63, 3.8) is 0 Å². The van der Waals surface area contributed by atoms with Gasteiger partial charge in [-0.15, -0.1) is 0 Å².